The first-order valence-electron chi connectivity index (χ1n) is 5.06. The average molecular weight is 234 g/mol. The van der Waals surface area contributed by atoms with Crippen LogP contribution in [-0.4, -0.2) is 12.9 Å². The zero-order chi connectivity index (χ0) is 12.4. The Morgan fingerprint density at radius 1 is 1.29 bits per heavy atom. The van der Waals surface area contributed by atoms with E-state index in [2.05, 4.69) is 0 Å². The van der Waals surface area contributed by atoms with Gasteiger partial charge in [0.05, 0.1) is 24.5 Å². The third-order valence-corrected chi connectivity index (χ3v) is 2.51. The molecule has 0 atom stereocenters. The highest BCUT2D eigenvalue weighted by Crippen LogP contribution is 2.24. The molecular weight excluding hydrogens is 223 g/mol. The van der Waals surface area contributed by atoms with E-state index < -0.39 is 5.82 Å². The van der Waals surface area contributed by atoms with Crippen LogP contribution >= 0.6 is 0 Å². The zero-order valence-corrected chi connectivity index (χ0v) is 9.49. The second-order valence-electron chi connectivity index (χ2n) is 3.56. The number of carbonyl (C=O) groups excluding carboxylic acids is 1. The molecule has 2 aromatic rings. The molecule has 0 aliphatic rings. The first-order chi connectivity index (χ1) is 8.13. The number of halogens is 1. The van der Waals surface area contributed by atoms with E-state index in [1.54, 1.807) is 13.0 Å². The molecular formula is C13H11FO3. The second-order valence-corrected chi connectivity index (χ2v) is 3.56. The molecule has 0 spiro atoms. The maximum absolute atomic E-state index is 13.2. The maximum atomic E-state index is 13.2. The predicted octanol–water partition coefficient (Wildman–Crippen LogP) is 2.97. The zero-order valence-electron chi connectivity index (χ0n) is 9.49. The lowest BCUT2D eigenvalue weighted by Gasteiger charge is -2.06. The number of hydrogen-bond donors (Lipinski definition) is 0. The lowest BCUT2D eigenvalue weighted by molar-refractivity contribution is 0.103. The Bertz CT molecular complexity index is 558. The molecule has 1 heterocycles. The lowest BCUT2D eigenvalue weighted by atomic mass is 10.0. The summed E-state index contributed by atoms with van der Waals surface area (Å²) in [5.74, 6) is 0.0567. The van der Waals surface area contributed by atoms with Gasteiger partial charge in [0.1, 0.15) is 17.3 Å². The SMILES string of the molecule is COc1ccc(F)cc1C(=O)c1ccoc1C. The van der Waals surface area contributed by atoms with Crippen molar-refractivity contribution in [3.8, 4) is 5.75 Å². The van der Waals surface area contributed by atoms with Crippen molar-refractivity contribution in [2.75, 3.05) is 7.11 Å². The van der Waals surface area contributed by atoms with Gasteiger partial charge in [0.15, 0.2) is 5.78 Å². The quantitative estimate of drug-likeness (QED) is 0.766. The molecule has 17 heavy (non-hydrogen) atoms. The summed E-state index contributed by atoms with van der Waals surface area (Å²) in [6, 6.07) is 5.39. The molecule has 0 N–H and O–H groups in total. The molecule has 0 saturated carbocycles. The molecule has 88 valence electrons. The molecule has 0 saturated heterocycles. The predicted molar refractivity (Wildman–Crippen MR) is 59.8 cm³/mol. The molecule has 0 aliphatic heterocycles. The number of furan rings is 1. The molecule has 0 fully saturated rings. The van der Waals surface area contributed by atoms with Gasteiger partial charge in [-0.15, -0.1) is 0 Å². The molecule has 1 aromatic carbocycles. The van der Waals surface area contributed by atoms with Crippen molar-refractivity contribution in [1.29, 1.82) is 0 Å². The second kappa shape index (κ2) is 4.41. The van der Waals surface area contributed by atoms with Gasteiger partial charge in [0.25, 0.3) is 0 Å². The standard InChI is InChI=1S/C13H11FO3/c1-8-10(5-6-17-8)13(15)11-7-9(14)3-4-12(11)16-2/h3-7H,1-2H3. The van der Waals surface area contributed by atoms with Crippen molar-refractivity contribution < 1.29 is 18.3 Å². The highest BCUT2D eigenvalue weighted by molar-refractivity contribution is 6.11. The molecule has 0 amide bonds. The minimum atomic E-state index is -0.477. The summed E-state index contributed by atoms with van der Waals surface area (Å²) in [5.41, 5.74) is 0.603. The Hall–Kier alpha value is -2.10. The first kappa shape index (κ1) is 11.4. The van der Waals surface area contributed by atoms with Gasteiger partial charge in [0.2, 0.25) is 0 Å². The largest absolute Gasteiger partial charge is 0.496 e. The molecule has 0 bridgehead atoms. The summed E-state index contributed by atoms with van der Waals surface area (Å²) in [6.07, 6.45) is 1.42. The highest BCUT2D eigenvalue weighted by Gasteiger charge is 2.18. The van der Waals surface area contributed by atoms with Crippen LogP contribution in [0.2, 0.25) is 0 Å². The molecule has 0 aliphatic carbocycles. The summed E-state index contributed by atoms with van der Waals surface area (Å²) >= 11 is 0. The highest BCUT2D eigenvalue weighted by atomic mass is 19.1. The van der Waals surface area contributed by atoms with E-state index in [4.69, 9.17) is 9.15 Å². The number of ether oxygens (including phenoxy) is 1. The van der Waals surface area contributed by atoms with E-state index >= 15 is 0 Å². The van der Waals surface area contributed by atoms with E-state index in [1.165, 1.54) is 25.5 Å². The van der Waals surface area contributed by atoms with Crippen LogP contribution < -0.4 is 4.74 Å². The van der Waals surface area contributed by atoms with Crippen molar-refractivity contribution in [2.24, 2.45) is 0 Å². The van der Waals surface area contributed by atoms with Crippen molar-refractivity contribution in [3.63, 3.8) is 0 Å². The Labute approximate surface area is 97.8 Å². The van der Waals surface area contributed by atoms with Gasteiger partial charge < -0.3 is 9.15 Å². The van der Waals surface area contributed by atoms with Gasteiger partial charge in [-0.3, -0.25) is 4.79 Å². The van der Waals surface area contributed by atoms with Crippen molar-refractivity contribution in [3.05, 3.63) is 53.2 Å². The number of carbonyl (C=O) groups is 1. The van der Waals surface area contributed by atoms with Gasteiger partial charge >= 0.3 is 0 Å². The van der Waals surface area contributed by atoms with Crippen LogP contribution in [0.15, 0.2) is 34.9 Å². The van der Waals surface area contributed by atoms with Gasteiger partial charge in [-0.05, 0) is 31.2 Å². The van der Waals surface area contributed by atoms with Gasteiger partial charge in [-0.25, -0.2) is 4.39 Å². The van der Waals surface area contributed by atoms with E-state index in [0.717, 1.165) is 6.07 Å². The summed E-state index contributed by atoms with van der Waals surface area (Å²) in [6.45, 7) is 1.68. The smallest absolute Gasteiger partial charge is 0.200 e. The Morgan fingerprint density at radius 2 is 2.06 bits per heavy atom. The monoisotopic (exact) mass is 234 g/mol. The molecule has 1 aromatic heterocycles. The summed E-state index contributed by atoms with van der Waals surface area (Å²) in [4.78, 5) is 12.2. The molecule has 2 rings (SSSR count). The number of benzene rings is 1. The van der Waals surface area contributed by atoms with Crippen LogP contribution in [0.25, 0.3) is 0 Å². The lowest BCUT2D eigenvalue weighted by Crippen LogP contribution is -2.04. The van der Waals surface area contributed by atoms with E-state index in [9.17, 15) is 9.18 Å². The van der Waals surface area contributed by atoms with Crippen molar-refractivity contribution >= 4 is 5.78 Å². The number of aryl methyl sites for hydroxylation is 1. The fraction of sp³-hybridized carbons (Fsp3) is 0.154. The van der Waals surface area contributed by atoms with E-state index in [-0.39, 0.29) is 11.3 Å². The minimum absolute atomic E-state index is 0.192. The van der Waals surface area contributed by atoms with Crippen molar-refractivity contribution in [1.82, 2.24) is 0 Å². The molecule has 0 unspecified atom stereocenters. The summed E-state index contributed by atoms with van der Waals surface area (Å²) in [7, 11) is 1.44. The van der Waals surface area contributed by atoms with Crippen LogP contribution in [0.4, 0.5) is 4.39 Å². The van der Waals surface area contributed by atoms with Crippen LogP contribution in [0.1, 0.15) is 21.7 Å². The third kappa shape index (κ3) is 2.06. The van der Waals surface area contributed by atoms with E-state index in [0.29, 0.717) is 17.1 Å². The topological polar surface area (TPSA) is 39.4 Å². The number of methoxy groups -OCH3 is 1. The molecule has 3 nitrogen and oxygen atoms in total. The van der Waals surface area contributed by atoms with Gasteiger partial charge in [-0.1, -0.05) is 0 Å². The summed E-state index contributed by atoms with van der Waals surface area (Å²) in [5, 5.41) is 0. The molecule has 4 heteroatoms. The Morgan fingerprint density at radius 3 is 2.65 bits per heavy atom. The van der Waals surface area contributed by atoms with E-state index in [1.807, 2.05) is 0 Å². The fourth-order valence-electron chi connectivity index (χ4n) is 1.62. The van der Waals surface area contributed by atoms with Crippen LogP contribution in [0, 0.1) is 12.7 Å². The third-order valence-electron chi connectivity index (χ3n) is 2.51. The van der Waals surface area contributed by atoms with Crippen LogP contribution in [-0.2, 0) is 0 Å². The normalized spacial score (nSPS) is 10.3. The van der Waals surface area contributed by atoms with Crippen LogP contribution in [0.5, 0.6) is 5.75 Å². The maximum Gasteiger partial charge on any atom is 0.200 e. The van der Waals surface area contributed by atoms with Gasteiger partial charge in [0, 0.05) is 0 Å². The fourth-order valence-corrected chi connectivity index (χ4v) is 1.62. The van der Waals surface area contributed by atoms with Crippen molar-refractivity contribution in [2.45, 2.75) is 6.92 Å². The number of hydrogen-bond acceptors (Lipinski definition) is 3. The Kier molecular flexibility index (Phi) is 2.95. The number of rotatable bonds is 3. The Balaban J connectivity index is 2.50. The minimum Gasteiger partial charge on any atom is -0.496 e. The summed E-state index contributed by atoms with van der Waals surface area (Å²) < 4.78 is 23.3. The average Bonchev–Trinajstić information content (AvgIpc) is 2.74. The molecule has 0 radical (unpaired) electrons. The first-order valence-corrected chi connectivity index (χ1v) is 5.06. The number of ketones is 1. The van der Waals surface area contributed by atoms with Gasteiger partial charge in [-0.2, -0.15) is 0 Å². The van der Waals surface area contributed by atoms with Crippen LogP contribution in [0.3, 0.4) is 0 Å².